The summed E-state index contributed by atoms with van der Waals surface area (Å²) in [6.07, 6.45) is -3.37. The maximum atomic E-state index is 13.5. The molecule has 2 aromatic rings. The van der Waals surface area contributed by atoms with E-state index in [9.17, 15) is 22.8 Å². The molecule has 5 N–H and O–H groups in total. The van der Waals surface area contributed by atoms with Gasteiger partial charge in [0.15, 0.2) is 0 Å². The molecule has 1 atom stereocenters. The number of ether oxygens (including phenoxy) is 1. The quantitative estimate of drug-likeness (QED) is 0.260. The molecule has 2 rings (SSSR count). The minimum atomic E-state index is -4.80. The molecule has 1 aromatic heterocycles. The highest BCUT2D eigenvalue weighted by Gasteiger charge is 2.35. The Morgan fingerprint density at radius 2 is 1.88 bits per heavy atom. The number of nitrogens with two attached hydrogens (primary N) is 1. The number of alkyl halides is 3. The molecule has 180 valence electrons. The van der Waals surface area contributed by atoms with Crippen LogP contribution < -0.4 is 10.5 Å². The van der Waals surface area contributed by atoms with Crippen LogP contribution in [0.15, 0.2) is 29.6 Å². The lowest BCUT2D eigenvalue weighted by Gasteiger charge is -2.27. The standard InChI is InChI=1S/C20H27F3NO6PS/c1-14-9-16(11-32-14)3-2-8-29-18-5-4-15(10-17(18)20(21,22)23)6-7-19(24,12-25)13-30-31(26,27)28/h4-5,9-11,25H,2-3,6-8,12-13,24H2,1H3,(H2,26,27,28). The van der Waals surface area contributed by atoms with Crippen molar-refractivity contribution in [3.8, 4) is 5.75 Å². The van der Waals surface area contributed by atoms with Crippen LogP contribution in [0.1, 0.15) is 34.4 Å². The van der Waals surface area contributed by atoms with Crippen molar-refractivity contribution in [3.05, 3.63) is 51.2 Å². The maximum absolute atomic E-state index is 13.5. The molecular weight excluding hydrogens is 470 g/mol. The van der Waals surface area contributed by atoms with Crippen LogP contribution in [0, 0.1) is 6.92 Å². The molecule has 0 aliphatic carbocycles. The lowest BCUT2D eigenvalue weighted by Crippen LogP contribution is -2.48. The van der Waals surface area contributed by atoms with Crippen molar-refractivity contribution in [2.45, 2.75) is 44.3 Å². The Bertz CT molecular complexity index is 932. The number of aryl methyl sites for hydroxylation is 3. The number of phosphoric ester groups is 1. The molecule has 32 heavy (non-hydrogen) atoms. The molecule has 0 fully saturated rings. The van der Waals surface area contributed by atoms with E-state index in [1.54, 1.807) is 11.3 Å². The number of hydrogen-bond acceptors (Lipinski definition) is 6. The van der Waals surface area contributed by atoms with Crippen molar-refractivity contribution in [2.24, 2.45) is 5.73 Å². The summed E-state index contributed by atoms with van der Waals surface area (Å²) in [5, 5.41) is 11.4. The summed E-state index contributed by atoms with van der Waals surface area (Å²) in [6, 6.07) is 5.71. The highest BCUT2D eigenvalue weighted by atomic mass is 32.1. The maximum Gasteiger partial charge on any atom is 0.469 e. The highest BCUT2D eigenvalue weighted by Crippen LogP contribution is 2.38. The molecule has 0 amide bonds. The molecule has 7 nitrogen and oxygen atoms in total. The minimum Gasteiger partial charge on any atom is -0.493 e. The molecule has 0 spiro atoms. The van der Waals surface area contributed by atoms with Crippen molar-refractivity contribution in [2.75, 3.05) is 19.8 Å². The monoisotopic (exact) mass is 497 g/mol. The second-order valence-electron chi connectivity index (χ2n) is 7.63. The van der Waals surface area contributed by atoms with E-state index in [0.29, 0.717) is 12.8 Å². The summed E-state index contributed by atoms with van der Waals surface area (Å²) in [4.78, 5) is 18.7. The average molecular weight is 497 g/mol. The first-order valence-electron chi connectivity index (χ1n) is 9.78. The van der Waals surface area contributed by atoms with Gasteiger partial charge in [-0.05, 0) is 67.3 Å². The predicted molar refractivity (Wildman–Crippen MR) is 115 cm³/mol. The molecule has 1 unspecified atom stereocenters. The number of thiophene rings is 1. The van der Waals surface area contributed by atoms with Crippen LogP contribution in [0.2, 0.25) is 0 Å². The summed E-state index contributed by atoms with van der Waals surface area (Å²) < 4.78 is 61.2. The SMILES string of the molecule is Cc1cc(CCCOc2ccc(CCC(N)(CO)COP(=O)(O)O)cc2C(F)(F)F)cs1. The fraction of sp³-hybridized carbons (Fsp3) is 0.500. The Balaban J connectivity index is 2.01. The van der Waals surface area contributed by atoms with E-state index in [0.717, 1.165) is 11.6 Å². The van der Waals surface area contributed by atoms with Crippen molar-refractivity contribution in [3.63, 3.8) is 0 Å². The largest absolute Gasteiger partial charge is 0.493 e. The van der Waals surface area contributed by atoms with Crippen molar-refractivity contribution in [1.29, 1.82) is 0 Å². The van der Waals surface area contributed by atoms with Crippen molar-refractivity contribution in [1.82, 2.24) is 0 Å². The Labute approximate surface area is 188 Å². The van der Waals surface area contributed by atoms with Crippen molar-refractivity contribution < 1.29 is 41.9 Å². The van der Waals surface area contributed by atoms with Gasteiger partial charge in [0.1, 0.15) is 5.75 Å². The zero-order valence-electron chi connectivity index (χ0n) is 17.5. The number of rotatable bonds is 12. The lowest BCUT2D eigenvalue weighted by atomic mass is 9.93. The third-order valence-electron chi connectivity index (χ3n) is 4.75. The van der Waals surface area contributed by atoms with Crippen molar-refractivity contribution >= 4 is 19.2 Å². The fourth-order valence-corrected chi connectivity index (χ4v) is 4.14. The normalized spacial score (nSPS) is 14.4. The molecule has 1 aromatic carbocycles. The summed E-state index contributed by atoms with van der Waals surface area (Å²) in [5.74, 6) is -0.270. The van der Waals surface area contributed by atoms with Gasteiger partial charge in [0, 0.05) is 4.88 Å². The first-order valence-corrected chi connectivity index (χ1v) is 12.2. The number of benzene rings is 1. The molecule has 0 bridgehead atoms. The van der Waals surface area contributed by atoms with Gasteiger partial charge in [-0.2, -0.15) is 13.2 Å². The smallest absolute Gasteiger partial charge is 0.469 e. The van der Waals surface area contributed by atoms with Crippen LogP contribution in [-0.4, -0.2) is 40.3 Å². The van der Waals surface area contributed by atoms with Gasteiger partial charge in [-0.15, -0.1) is 11.3 Å². The van der Waals surface area contributed by atoms with Crippen LogP contribution in [0.3, 0.4) is 0 Å². The van der Waals surface area contributed by atoms with Gasteiger partial charge in [0.25, 0.3) is 0 Å². The van der Waals surface area contributed by atoms with E-state index >= 15 is 0 Å². The van der Waals surface area contributed by atoms with E-state index < -0.39 is 38.3 Å². The molecule has 0 aliphatic heterocycles. The van der Waals surface area contributed by atoms with E-state index in [2.05, 4.69) is 4.52 Å². The first-order chi connectivity index (χ1) is 14.8. The molecule has 12 heteroatoms. The minimum absolute atomic E-state index is 0.0302. The highest BCUT2D eigenvalue weighted by molar-refractivity contribution is 7.46. The van der Waals surface area contributed by atoms with E-state index in [1.807, 2.05) is 18.4 Å². The summed E-state index contributed by atoms with van der Waals surface area (Å²) in [6.45, 7) is 0.810. The van der Waals surface area contributed by atoms with Crippen LogP contribution in [0.5, 0.6) is 5.75 Å². The van der Waals surface area contributed by atoms with Gasteiger partial charge in [0.2, 0.25) is 0 Å². The molecular formula is C20H27F3NO6PS. The van der Waals surface area contributed by atoms with Crippen LogP contribution in [-0.2, 0) is 28.1 Å². The third kappa shape index (κ3) is 8.82. The summed E-state index contributed by atoms with van der Waals surface area (Å²) >= 11 is 1.62. The van der Waals surface area contributed by atoms with Crippen LogP contribution >= 0.6 is 19.2 Å². The number of hydrogen-bond donors (Lipinski definition) is 4. The number of phosphoric acid groups is 1. The number of aliphatic hydroxyl groups is 1. The lowest BCUT2D eigenvalue weighted by molar-refractivity contribution is -0.139. The van der Waals surface area contributed by atoms with Gasteiger partial charge in [-0.1, -0.05) is 6.07 Å². The van der Waals surface area contributed by atoms with E-state index in [1.165, 1.54) is 17.0 Å². The fourth-order valence-electron chi connectivity index (χ4n) is 2.97. The number of halogens is 3. The summed E-state index contributed by atoms with van der Waals surface area (Å²) in [7, 11) is -4.80. The van der Waals surface area contributed by atoms with E-state index in [4.69, 9.17) is 20.3 Å². The number of aliphatic hydroxyl groups excluding tert-OH is 1. The third-order valence-corrected chi connectivity index (χ3v) is 6.12. The van der Waals surface area contributed by atoms with Gasteiger partial charge >= 0.3 is 14.0 Å². The van der Waals surface area contributed by atoms with Gasteiger partial charge < -0.3 is 25.4 Å². The Hall–Kier alpha value is -1.46. The van der Waals surface area contributed by atoms with Crippen LogP contribution in [0.4, 0.5) is 13.2 Å². The average Bonchev–Trinajstić information content (AvgIpc) is 3.12. The molecule has 1 heterocycles. The van der Waals surface area contributed by atoms with E-state index in [-0.39, 0.29) is 30.8 Å². The molecule has 0 saturated heterocycles. The predicted octanol–water partition coefficient (Wildman–Crippen LogP) is 3.82. The van der Waals surface area contributed by atoms with Gasteiger partial charge in [-0.25, -0.2) is 4.57 Å². The Kier molecular flexibility index (Phi) is 9.30. The summed E-state index contributed by atoms with van der Waals surface area (Å²) in [5.41, 5.74) is 4.85. The zero-order valence-corrected chi connectivity index (χ0v) is 19.2. The zero-order chi connectivity index (χ0) is 24.0. The molecule has 0 radical (unpaired) electrons. The van der Waals surface area contributed by atoms with Crippen LogP contribution in [0.25, 0.3) is 0 Å². The topological polar surface area (TPSA) is 122 Å². The Morgan fingerprint density at radius 3 is 2.44 bits per heavy atom. The molecule has 0 aliphatic rings. The second-order valence-corrected chi connectivity index (χ2v) is 9.99. The van der Waals surface area contributed by atoms with Gasteiger partial charge in [0.05, 0.1) is 30.9 Å². The molecule has 0 saturated carbocycles. The second kappa shape index (κ2) is 11.1. The first kappa shape index (κ1) is 26.8. The Morgan fingerprint density at radius 1 is 1.16 bits per heavy atom. The van der Waals surface area contributed by atoms with Gasteiger partial charge in [-0.3, -0.25) is 4.52 Å².